The van der Waals surface area contributed by atoms with Crippen LogP contribution in [0.2, 0.25) is 0 Å². The van der Waals surface area contributed by atoms with E-state index in [-0.39, 0.29) is 23.0 Å². The molecule has 2 fully saturated rings. The molecular weight excluding hydrogens is 591 g/mol. The van der Waals surface area contributed by atoms with E-state index in [2.05, 4.69) is 9.71 Å². The van der Waals surface area contributed by atoms with Crippen molar-refractivity contribution >= 4 is 33.2 Å². The molecule has 1 aliphatic heterocycles. The van der Waals surface area contributed by atoms with Crippen LogP contribution in [0.4, 0.5) is 13.2 Å². The van der Waals surface area contributed by atoms with Crippen LogP contribution in [0.3, 0.4) is 0 Å². The number of thiazole rings is 1. The zero-order valence-electron chi connectivity index (χ0n) is 24.3. The number of carboxylic acid groups (broad SMARTS) is 1. The smallest absolute Gasteiger partial charge is 0.417 e. The maximum Gasteiger partial charge on any atom is 0.417 e. The standard InChI is InChI=1S/C29H38F3N3O5S2/c1-27(2,3)34-42(39,40)22-12-11-19(16-20(22)29(30,31)32)23-21(15-18-9-6-5-7-10-18)33-24(41-23)25(36)35-14-8-13-28(4,17-35)26(37)38/h11-12,16,18,34H,5-10,13-15,17H2,1-4H3,(H,37,38). The van der Waals surface area contributed by atoms with Crippen molar-refractivity contribution in [1.29, 1.82) is 0 Å². The summed E-state index contributed by atoms with van der Waals surface area (Å²) in [5, 5.41) is 9.78. The molecule has 0 radical (unpaired) electrons. The molecule has 42 heavy (non-hydrogen) atoms. The lowest BCUT2D eigenvalue weighted by molar-refractivity contribution is -0.150. The number of nitrogens with one attached hydrogen (secondary N) is 1. The second-order valence-corrected chi connectivity index (χ2v) is 15.4. The fraction of sp³-hybridized carbons (Fsp3) is 0.621. The van der Waals surface area contributed by atoms with E-state index in [0.717, 1.165) is 55.6 Å². The Morgan fingerprint density at radius 2 is 1.81 bits per heavy atom. The molecule has 13 heteroatoms. The fourth-order valence-corrected chi connectivity index (χ4v) is 8.46. The number of carboxylic acids is 1. The molecule has 0 bridgehead atoms. The molecule has 232 valence electrons. The number of piperidine rings is 1. The normalized spacial score (nSPS) is 21.0. The summed E-state index contributed by atoms with van der Waals surface area (Å²) >= 11 is 0.972. The second kappa shape index (κ2) is 11.9. The van der Waals surface area contributed by atoms with Gasteiger partial charge in [-0.05, 0) is 70.6 Å². The zero-order chi connectivity index (χ0) is 31.1. The van der Waals surface area contributed by atoms with Crippen LogP contribution in [0.5, 0.6) is 0 Å². The predicted octanol–water partition coefficient (Wildman–Crippen LogP) is 6.36. The van der Waals surface area contributed by atoms with Crippen LogP contribution in [-0.4, -0.2) is 53.9 Å². The van der Waals surface area contributed by atoms with Crippen LogP contribution >= 0.6 is 11.3 Å². The number of alkyl halides is 3. The highest BCUT2D eigenvalue weighted by Crippen LogP contribution is 2.41. The minimum absolute atomic E-state index is 0.0135. The molecule has 2 N–H and O–H groups in total. The summed E-state index contributed by atoms with van der Waals surface area (Å²) in [6.07, 6.45) is 1.58. The summed E-state index contributed by atoms with van der Waals surface area (Å²) in [7, 11) is -4.50. The van der Waals surface area contributed by atoms with Gasteiger partial charge in [-0.1, -0.05) is 38.2 Å². The van der Waals surface area contributed by atoms with Crippen molar-refractivity contribution in [3.05, 3.63) is 34.5 Å². The van der Waals surface area contributed by atoms with E-state index in [1.807, 2.05) is 0 Å². The molecule has 4 rings (SSSR count). The monoisotopic (exact) mass is 629 g/mol. The summed E-state index contributed by atoms with van der Waals surface area (Å²) in [6.45, 7) is 6.60. The number of aromatic nitrogens is 1. The van der Waals surface area contributed by atoms with Crippen molar-refractivity contribution in [1.82, 2.24) is 14.6 Å². The number of nitrogens with zero attached hydrogens (tertiary/aromatic N) is 2. The summed E-state index contributed by atoms with van der Waals surface area (Å²) in [5.74, 6) is -1.17. The SMILES string of the molecule is CC(C)(C)NS(=O)(=O)c1ccc(-c2sc(C(=O)N3CCCC(C)(C(=O)O)C3)nc2CC2CCCCC2)cc1C(F)(F)F. The average molecular weight is 630 g/mol. The number of aliphatic carboxylic acids is 1. The number of carbonyl (C=O) groups is 2. The lowest BCUT2D eigenvalue weighted by Gasteiger charge is -2.37. The number of amides is 1. The van der Waals surface area contributed by atoms with E-state index >= 15 is 0 Å². The molecule has 2 heterocycles. The van der Waals surface area contributed by atoms with Crippen LogP contribution < -0.4 is 4.72 Å². The first-order chi connectivity index (χ1) is 19.4. The van der Waals surface area contributed by atoms with E-state index in [9.17, 15) is 36.3 Å². The highest BCUT2D eigenvalue weighted by molar-refractivity contribution is 7.89. The van der Waals surface area contributed by atoms with Gasteiger partial charge in [0.15, 0.2) is 5.01 Å². The Hall–Kier alpha value is -2.51. The van der Waals surface area contributed by atoms with Gasteiger partial charge < -0.3 is 10.0 Å². The Bertz CT molecular complexity index is 1440. The predicted molar refractivity (Wildman–Crippen MR) is 154 cm³/mol. The molecule has 2 aromatic rings. The van der Waals surface area contributed by atoms with Gasteiger partial charge in [-0.25, -0.2) is 18.1 Å². The van der Waals surface area contributed by atoms with Crippen molar-refractivity contribution in [2.75, 3.05) is 13.1 Å². The maximum atomic E-state index is 14.3. The first-order valence-electron chi connectivity index (χ1n) is 14.2. The molecule has 1 aliphatic carbocycles. The number of likely N-dealkylation sites (tertiary alicyclic amines) is 1. The van der Waals surface area contributed by atoms with Gasteiger partial charge in [0.2, 0.25) is 10.0 Å². The molecule has 1 amide bonds. The molecule has 1 aromatic carbocycles. The van der Waals surface area contributed by atoms with Gasteiger partial charge in [-0.15, -0.1) is 11.3 Å². The topological polar surface area (TPSA) is 117 Å². The number of hydrogen-bond acceptors (Lipinski definition) is 6. The second-order valence-electron chi connectivity index (χ2n) is 12.8. The highest BCUT2D eigenvalue weighted by atomic mass is 32.2. The van der Waals surface area contributed by atoms with Crippen LogP contribution in [0.1, 0.15) is 93.7 Å². The first kappa shape index (κ1) is 32.4. The highest BCUT2D eigenvalue weighted by Gasteiger charge is 2.41. The summed E-state index contributed by atoms with van der Waals surface area (Å²) in [6, 6.07) is 3.12. The Kier molecular flexibility index (Phi) is 9.16. The Morgan fingerprint density at radius 1 is 1.14 bits per heavy atom. The lowest BCUT2D eigenvalue weighted by Crippen LogP contribution is -2.48. The van der Waals surface area contributed by atoms with Gasteiger partial charge in [0, 0.05) is 18.6 Å². The zero-order valence-corrected chi connectivity index (χ0v) is 25.9. The van der Waals surface area contributed by atoms with E-state index in [4.69, 9.17) is 0 Å². The van der Waals surface area contributed by atoms with Crippen molar-refractivity contribution in [3.63, 3.8) is 0 Å². The van der Waals surface area contributed by atoms with E-state index < -0.39 is 49.5 Å². The number of rotatable bonds is 7. The largest absolute Gasteiger partial charge is 0.481 e. The van der Waals surface area contributed by atoms with Gasteiger partial charge in [-0.3, -0.25) is 9.59 Å². The summed E-state index contributed by atoms with van der Waals surface area (Å²) in [4.78, 5) is 31.0. The number of halogens is 3. The van der Waals surface area contributed by atoms with E-state index in [1.54, 1.807) is 27.7 Å². The van der Waals surface area contributed by atoms with Crippen molar-refractivity contribution in [2.24, 2.45) is 11.3 Å². The number of sulfonamides is 1. The molecule has 1 unspecified atom stereocenters. The minimum Gasteiger partial charge on any atom is -0.481 e. The summed E-state index contributed by atoms with van der Waals surface area (Å²) in [5.41, 5.74) is -2.75. The van der Waals surface area contributed by atoms with Gasteiger partial charge in [0.1, 0.15) is 0 Å². The van der Waals surface area contributed by atoms with Crippen LogP contribution in [-0.2, 0) is 27.4 Å². The Labute approximate surface area is 248 Å². The molecule has 2 aliphatic rings. The molecule has 8 nitrogen and oxygen atoms in total. The fourth-order valence-electron chi connectivity index (χ4n) is 5.78. The van der Waals surface area contributed by atoms with Crippen LogP contribution in [0, 0.1) is 11.3 Å². The first-order valence-corrected chi connectivity index (χ1v) is 16.5. The minimum atomic E-state index is -4.96. The Balaban J connectivity index is 1.78. The van der Waals surface area contributed by atoms with Gasteiger partial charge in [0.05, 0.1) is 26.4 Å². The third-order valence-corrected chi connectivity index (χ3v) is 10.8. The number of benzene rings is 1. The van der Waals surface area contributed by atoms with Crippen molar-refractivity contribution in [2.45, 2.75) is 95.7 Å². The molecular formula is C29H38F3N3O5S2. The number of hydrogen-bond donors (Lipinski definition) is 2. The molecule has 0 spiro atoms. The van der Waals surface area contributed by atoms with Gasteiger partial charge in [-0.2, -0.15) is 13.2 Å². The van der Waals surface area contributed by atoms with E-state index in [0.29, 0.717) is 36.4 Å². The third-order valence-electron chi connectivity index (χ3n) is 7.86. The van der Waals surface area contributed by atoms with E-state index in [1.165, 1.54) is 11.0 Å². The lowest BCUT2D eigenvalue weighted by atomic mass is 9.82. The van der Waals surface area contributed by atoms with Crippen LogP contribution in [0.15, 0.2) is 23.1 Å². The third kappa shape index (κ3) is 7.34. The average Bonchev–Trinajstić information content (AvgIpc) is 3.30. The molecule has 1 saturated carbocycles. The maximum absolute atomic E-state index is 14.3. The molecule has 1 saturated heterocycles. The van der Waals surface area contributed by atoms with Crippen molar-refractivity contribution in [3.8, 4) is 10.4 Å². The van der Waals surface area contributed by atoms with Crippen LogP contribution in [0.25, 0.3) is 10.4 Å². The van der Waals surface area contributed by atoms with Gasteiger partial charge in [0.25, 0.3) is 5.91 Å². The number of carbonyl (C=O) groups excluding carboxylic acids is 1. The summed E-state index contributed by atoms with van der Waals surface area (Å²) < 4.78 is 71.0. The Morgan fingerprint density at radius 3 is 2.40 bits per heavy atom. The van der Waals surface area contributed by atoms with Gasteiger partial charge >= 0.3 is 12.1 Å². The molecule has 1 atom stereocenters. The molecule has 1 aromatic heterocycles. The quantitative estimate of drug-likeness (QED) is 0.369. The van der Waals surface area contributed by atoms with Crippen molar-refractivity contribution < 1.29 is 36.3 Å².